The Morgan fingerprint density at radius 1 is 1.35 bits per heavy atom. The first kappa shape index (κ1) is 12.4. The van der Waals surface area contributed by atoms with Gasteiger partial charge in [0.2, 0.25) is 0 Å². The molecular weight excluding hydrogens is 232 g/mol. The molecule has 0 aliphatic heterocycles. The second-order valence-corrected chi connectivity index (χ2v) is 6.69. The minimum absolute atomic E-state index is 0.0558. The van der Waals surface area contributed by atoms with Gasteiger partial charge >= 0.3 is 0 Å². The van der Waals surface area contributed by atoms with Crippen LogP contribution >= 0.6 is 11.6 Å². The Labute approximate surface area is 108 Å². The molecule has 1 aromatic rings. The van der Waals surface area contributed by atoms with Crippen molar-refractivity contribution in [3.8, 4) is 6.07 Å². The van der Waals surface area contributed by atoms with Crippen molar-refractivity contribution in [2.45, 2.75) is 46.0 Å². The molecule has 0 saturated carbocycles. The molecule has 0 unspecified atom stereocenters. The van der Waals surface area contributed by atoms with Crippen molar-refractivity contribution < 1.29 is 0 Å². The van der Waals surface area contributed by atoms with E-state index in [1.54, 1.807) is 0 Å². The molecule has 0 bridgehead atoms. The lowest BCUT2D eigenvalue weighted by Crippen LogP contribution is -2.35. The summed E-state index contributed by atoms with van der Waals surface area (Å²) in [4.78, 5) is 4.42. The molecule has 0 spiro atoms. The first-order valence-corrected chi connectivity index (χ1v) is 6.23. The Morgan fingerprint density at radius 3 is 2.59 bits per heavy atom. The van der Waals surface area contributed by atoms with Crippen LogP contribution < -0.4 is 0 Å². The van der Waals surface area contributed by atoms with E-state index in [1.165, 1.54) is 5.56 Å². The van der Waals surface area contributed by atoms with E-state index in [-0.39, 0.29) is 10.8 Å². The van der Waals surface area contributed by atoms with Crippen LogP contribution in [0.5, 0.6) is 0 Å². The summed E-state index contributed by atoms with van der Waals surface area (Å²) < 4.78 is 0. The molecule has 1 aromatic heterocycles. The first-order chi connectivity index (χ1) is 7.75. The van der Waals surface area contributed by atoms with Gasteiger partial charge in [-0.25, -0.2) is 4.98 Å². The standard InChI is InChI=1S/C14H17ClN2/c1-13(2)6-11-10(14(3,4)8-13)5-9(7-16)12(15)17-11/h5H,6,8H2,1-4H3. The summed E-state index contributed by atoms with van der Waals surface area (Å²) in [5.74, 6) is 0. The van der Waals surface area contributed by atoms with Gasteiger partial charge in [-0.3, -0.25) is 0 Å². The van der Waals surface area contributed by atoms with Gasteiger partial charge in [0, 0.05) is 5.69 Å². The van der Waals surface area contributed by atoms with Crippen LogP contribution in [0, 0.1) is 16.7 Å². The second kappa shape index (κ2) is 3.71. The van der Waals surface area contributed by atoms with Gasteiger partial charge in [-0.15, -0.1) is 0 Å². The molecule has 90 valence electrons. The molecule has 1 aliphatic carbocycles. The first-order valence-electron chi connectivity index (χ1n) is 5.85. The van der Waals surface area contributed by atoms with Crippen LogP contribution in [0.4, 0.5) is 0 Å². The van der Waals surface area contributed by atoms with Crippen molar-refractivity contribution >= 4 is 11.6 Å². The van der Waals surface area contributed by atoms with E-state index >= 15 is 0 Å². The highest BCUT2D eigenvalue weighted by atomic mass is 35.5. The predicted octanol–water partition coefficient (Wildman–Crippen LogP) is 3.86. The van der Waals surface area contributed by atoms with Gasteiger partial charge < -0.3 is 0 Å². The van der Waals surface area contributed by atoms with E-state index in [0.29, 0.717) is 10.7 Å². The summed E-state index contributed by atoms with van der Waals surface area (Å²) in [6.45, 7) is 8.93. The molecule has 0 N–H and O–H groups in total. The number of hydrogen-bond acceptors (Lipinski definition) is 2. The second-order valence-electron chi connectivity index (χ2n) is 6.33. The lowest BCUT2D eigenvalue weighted by Gasteiger charge is -2.41. The highest BCUT2D eigenvalue weighted by Gasteiger charge is 2.38. The van der Waals surface area contributed by atoms with Crippen molar-refractivity contribution in [2.24, 2.45) is 5.41 Å². The number of pyridine rings is 1. The number of aromatic nitrogens is 1. The number of hydrogen-bond donors (Lipinski definition) is 0. The molecular formula is C14H17ClN2. The third kappa shape index (κ3) is 2.17. The Morgan fingerprint density at radius 2 is 2.00 bits per heavy atom. The Kier molecular flexibility index (Phi) is 2.71. The SMILES string of the molecule is CC1(C)Cc2nc(Cl)c(C#N)cc2C(C)(C)C1. The quantitative estimate of drug-likeness (QED) is 0.654. The Hall–Kier alpha value is -1.07. The molecule has 0 amide bonds. The zero-order chi connectivity index (χ0) is 12.8. The molecule has 0 atom stereocenters. The van der Waals surface area contributed by atoms with Gasteiger partial charge in [0.15, 0.2) is 0 Å². The summed E-state index contributed by atoms with van der Waals surface area (Å²) >= 11 is 6.01. The largest absolute Gasteiger partial charge is 0.239 e. The van der Waals surface area contributed by atoms with Crippen molar-refractivity contribution in [3.05, 3.63) is 28.0 Å². The van der Waals surface area contributed by atoms with E-state index in [4.69, 9.17) is 16.9 Å². The number of nitrogens with zero attached hydrogens (tertiary/aromatic N) is 2. The highest BCUT2D eigenvalue weighted by molar-refractivity contribution is 6.30. The average molecular weight is 249 g/mol. The van der Waals surface area contributed by atoms with Gasteiger partial charge in [-0.2, -0.15) is 5.26 Å². The molecule has 1 heterocycles. The molecule has 0 fully saturated rings. The fourth-order valence-corrected chi connectivity index (χ4v) is 3.33. The topological polar surface area (TPSA) is 36.7 Å². The fraction of sp³-hybridized carbons (Fsp3) is 0.571. The van der Waals surface area contributed by atoms with Crippen LogP contribution in [-0.4, -0.2) is 4.98 Å². The maximum absolute atomic E-state index is 9.02. The lowest BCUT2D eigenvalue weighted by atomic mass is 9.64. The Balaban J connectivity index is 2.64. The smallest absolute Gasteiger partial charge is 0.147 e. The fourth-order valence-electron chi connectivity index (χ4n) is 3.13. The molecule has 3 heteroatoms. The van der Waals surface area contributed by atoms with Gasteiger partial charge in [0.25, 0.3) is 0 Å². The van der Waals surface area contributed by atoms with Crippen LogP contribution in [0.2, 0.25) is 5.15 Å². The number of nitriles is 1. The van der Waals surface area contributed by atoms with Crippen molar-refractivity contribution in [2.75, 3.05) is 0 Å². The molecule has 0 aromatic carbocycles. The average Bonchev–Trinajstić information content (AvgIpc) is 2.13. The van der Waals surface area contributed by atoms with Crippen molar-refractivity contribution in [1.29, 1.82) is 5.26 Å². The van der Waals surface area contributed by atoms with Gasteiger partial charge in [0.05, 0.1) is 5.56 Å². The molecule has 17 heavy (non-hydrogen) atoms. The summed E-state index contributed by atoms with van der Waals surface area (Å²) in [5, 5.41) is 9.35. The van der Waals surface area contributed by atoms with E-state index in [1.807, 2.05) is 6.07 Å². The van der Waals surface area contributed by atoms with Crippen LogP contribution in [0.15, 0.2) is 6.07 Å². The third-order valence-electron chi connectivity index (χ3n) is 3.47. The number of halogens is 1. The molecule has 0 saturated heterocycles. The molecule has 1 aliphatic rings. The number of fused-ring (bicyclic) bond motifs is 1. The van der Waals surface area contributed by atoms with Crippen LogP contribution in [0.1, 0.15) is 50.9 Å². The number of rotatable bonds is 0. The van der Waals surface area contributed by atoms with Crippen molar-refractivity contribution in [1.82, 2.24) is 4.98 Å². The molecule has 2 rings (SSSR count). The predicted molar refractivity (Wildman–Crippen MR) is 69.1 cm³/mol. The van der Waals surface area contributed by atoms with Crippen LogP contribution in [0.3, 0.4) is 0 Å². The highest BCUT2D eigenvalue weighted by Crippen LogP contribution is 2.45. The van der Waals surface area contributed by atoms with Gasteiger partial charge in [-0.05, 0) is 35.3 Å². The van der Waals surface area contributed by atoms with Crippen molar-refractivity contribution in [3.63, 3.8) is 0 Å². The van der Waals surface area contributed by atoms with E-state index in [9.17, 15) is 0 Å². The van der Waals surface area contributed by atoms with E-state index < -0.39 is 0 Å². The monoisotopic (exact) mass is 248 g/mol. The maximum atomic E-state index is 9.02. The summed E-state index contributed by atoms with van der Waals surface area (Å²) in [6.07, 6.45) is 2.03. The van der Waals surface area contributed by atoms with E-state index in [2.05, 4.69) is 38.7 Å². The summed E-state index contributed by atoms with van der Waals surface area (Å²) in [7, 11) is 0. The summed E-state index contributed by atoms with van der Waals surface area (Å²) in [5.41, 5.74) is 3.01. The zero-order valence-corrected chi connectivity index (χ0v) is 11.5. The third-order valence-corrected chi connectivity index (χ3v) is 3.76. The Bertz CT molecular complexity index is 510. The van der Waals surface area contributed by atoms with Gasteiger partial charge in [0.1, 0.15) is 11.2 Å². The van der Waals surface area contributed by atoms with Crippen LogP contribution in [0.25, 0.3) is 0 Å². The zero-order valence-electron chi connectivity index (χ0n) is 10.8. The molecule has 0 radical (unpaired) electrons. The van der Waals surface area contributed by atoms with E-state index in [0.717, 1.165) is 18.5 Å². The minimum Gasteiger partial charge on any atom is -0.239 e. The maximum Gasteiger partial charge on any atom is 0.147 e. The minimum atomic E-state index is 0.0558. The molecule has 2 nitrogen and oxygen atoms in total. The van der Waals surface area contributed by atoms with Gasteiger partial charge in [-0.1, -0.05) is 39.3 Å². The normalized spacial score (nSPS) is 20.5. The summed E-state index contributed by atoms with van der Waals surface area (Å²) in [6, 6.07) is 4.03. The van der Waals surface area contributed by atoms with Crippen LogP contribution in [-0.2, 0) is 11.8 Å². The lowest BCUT2D eigenvalue weighted by molar-refractivity contribution is 0.227.